The van der Waals surface area contributed by atoms with E-state index < -0.39 is 11.7 Å². The number of rotatable bonds is 9. The van der Waals surface area contributed by atoms with Crippen molar-refractivity contribution in [2.45, 2.75) is 51.7 Å². The van der Waals surface area contributed by atoms with Crippen LogP contribution in [-0.2, 0) is 16.9 Å². The Labute approximate surface area is 243 Å². The van der Waals surface area contributed by atoms with Gasteiger partial charge in [-0.05, 0) is 60.9 Å². The standard InChI is InChI=1S/C15H18ClN3O.C14H18N4O3/c1-11(12-2-3-12)15(20,8-19-10-17-9-18-19)13-4-6-14(16)7-5-13;1-3-4-9-15-13(19)18-11-8-6-5-7-10(11)16-12(18)17-14(20)21-2/h4-7,9-12,20H,2-3,8H2,1H3;5-8H,3-4,9H2,1-2H3,(H,15,19)(H,16,17,20). The summed E-state index contributed by atoms with van der Waals surface area (Å²) in [5.41, 5.74) is 1.18. The minimum absolute atomic E-state index is 0.136. The molecule has 0 radical (unpaired) electrons. The first-order chi connectivity index (χ1) is 19.8. The molecule has 1 aliphatic carbocycles. The van der Waals surface area contributed by atoms with E-state index in [1.807, 2.05) is 43.3 Å². The molecule has 12 heteroatoms. The van der Waals surface area contributed by atoms with Crippen LogP contribution < -0.4 is 10.6 Å². The third-order valence-electron chi connectivity index (χ3n) is 7.27. The molecule has 2 amide bonds. The van der Waals surface area contributed by atoms with Gasteiger partial charge in [0.25, 0.3) is 0 Å². The van der Waals surface area contributed by atoms with Crippen LogP contribution in [0.5, 0.6) is 0 Å². The maximum absolute atomic E-state index is 12.3. The Morgan fingerprint density at radius 2 is 1.93 bits per heavy atom. The fraction of sp³-hybridized carbons (Fsp3) is 0.414. The summed E-state index contributed by atoms with van der Waals surface area (Å²) in [7, 11) is 1.25. The van der Waals surface area contributed by atoms with Gasteiger partial charge in [-0.1, -0.05) is 56.1 Å². The highest BCUT2D eigenvalue weighted by molar-refractivity contribution is 6.30. The molecule has 4 aromatic rings. The van der Waals surface area contributed by atoms with Crippen LogP contribution in [0.15, 0.2) is 61.2 Å². The van der Waals surface area contributed by atoms with Crippen LogP contribution in [0.1, 0.15) is 45.1 Å². The molecule has 0 bridgehead atoms. The molecule has 218 valence electrons. The van der Waals surface area contributed by atoms with E-state index in [0.717, 1.165) is 18.4 Å². The fourth-order valence-electron chi connectivity index (χ4n) is 4.69. The predicted molar refractivity (Wildman–Crippen MR) is 157 cm³/mol. The Balaban J connectivity index is 0.000000189. The monoisotopic (exact) mass is 581 g/mol. The third-order valence-corrected chi connectivity index (χ3v) is 7.52. The van der Waals surface area contributed by atoms with Gasteiger partial charge in [-0.2, -0.15) is 5.10 Å². The minimum atomic E-state index is -0.945. The molecule has 41 heavy (non-hydrogen) atoms. The Morgan fingerprint density at radius 3 is 2.56 bits per heavy atom. The first-order valence-corrected chi connectivity index (χ1v) is 14.1. The lowest BCUT2D eigenvalue weighted by Crippen LogP contribution is -2.39. The van der Waals surface area contributed by atoms with Gasteiger partial charge in [0.2, 0.25) is 5.95 Å². The first-order valence-electron chi connectivity index (χ1n) is 13.7. The number of carbonyl (C=O) groups is 2. The lowest BCUT2D eigenvalue weighted by molar-refractivity contribution is -0.0442. The number of hydrogen-bond donors (Lipinski definition) is 3. The highest BCUT2D eigenvalue weighted by Crippen LogP contribution is 2.46. The first kappa shape index (κ1) is 30.0. The fourth-order valence-corrected chi connectivity index (χ4v) is 4.82. The molecule has 2 aromatic carbocycles. The summed E-state index contributed by atoms with van der Waals surface area (Å²) in [5, 5.41) is 21.3. The van der Waals surface area contributed by atoms with Gasteiger partial charge in [0, 0.05) is 11.6 Å². The third kappa shape index (κ3) is 7.42. The number of halogens is 1. The second-order valence-corrected chi connectivity index (χ2v) is 10.5. The van der Waals surface area contributed by atoms with Gasteiger partial charge in [0.05, 0.1) is 24.7 Å². The average molecular weight is 582 g/mol. The molecule has 2 aromatic heterocycles. The highest BCUT2D eigenvalue weighted by atomic mass is 35.5. The summed E-state index contributed by atoms with van der Waals surface area (Å²) in [4.78, 5) is 31.9. The molecule has 11 nitrogen and oxygen atoms in total. The van der Waals surface area contributed by atoms with Gasteiger partial charge in [0.1, 0.15) is 18.3 Å². The molecular weight excluding hydrogens is 546 g/mol. The highest BCUT2D eigenvalue weighted by Gasteiger charge is 2.44. The van der Waals surface area contributed by atoms with Crippen LogP contribution in [0.2, 0.25) is 5.02 Å². The summed E-state index contributed by atoms with van der Waals surface area (Å²) in [6, 6.07) is 14.3. The molecule has 1 saturated carbocycles. The second-order valence-electron chi connectivity index (χ2n) is 10.1. The molecule has 2 heterocycles. The maximum atomic E-state index is 12.3. The normalized spacial score (nSPS) is 14.9. The number of nitrogens with one attached hydrogen (secondary N) is 2. The number of aromatic nitrogens is 5. The zero-order chi connectivity index (χ0) is 29.4. The Hall–Kier alpha value is -3.96. The Bertz CT molecular complexity index is 1440. The van der Waals surface area contributed by atoms with Crippen molar-refractivity contribution in [2.75, 3.05) is 19.0 Å². The number of unbranched alkanes of at least 4 members (excludes halogenated alkanes) is 1. The second kappa shape index (κ2) is 13.6. The van der Waals surface area contributed by atoms with Crippen molar-refractivity contribution in [3.8, 4) is 0 Å². The van der Waals surface area contributed by atoms with Crippen LogP contribution in [0.25, 0.3) is 11.0 Å². The number of nitrogens with zero attached hydrogens (tertiary/aromatic N) is 5. The number of ether oxygens (including phenoxy) is 1. The van der Waals surface area contributed by atoms with E-state index in [9.17, 15) is 14.7 Å². The lowest BCUT2D eigenvalue weighted by atomic mass is 9.79. The number of anilines is 1. The number of amides is 2. The zero-order valence-electron chi connectivity index (χ0n) is 23.5. The Morgan fingerprint density at radius 1 is 1.20 bits per heavy atom. The summed E-state index contributed by atoms with van der Waals surface area (Å²) < 4.78 is 7.57. The summed E-state index contributed by atoms with van der Waals surface area (Å²) >= 11 is 5.95. The van der Waals surface area contributed by atoms with Crippen molar-refractivity contribution in [1.82, 2.24) is 29.6 Å². The van der Waals surface area contributed by atoms with Crippen molar-refractivity contribution in [3.05, 3.63) is 71.8 Å². The van der Waals surface area contributed by atoms with E-state index in [0.29, 0.717) is 35.1 Å². The quantitative estimate of drug-likeness (QED) is 0.224. The van der Waals surface area contributed by atoms with Crippen molar-refractivity contribution in [3.63, 3.8) is 0 Å². The number of carbonyl (C=O) groups excluding carboxylic acids is 2. The van der Waals surface area contributed by atoms with Crippen molar-refractivity contribution >= 4 is 40.7 Å². The van der Waals surface area contributed by atoms with Crippen LogP contribution in [0.4, 0.5) is 15.5 Å². The molecule has 0 saturated heterocycles. The van der Waals surface area contributed by atoms with Gasteiger partial charge in [-0.3, -0.25) is 5.32 Å². The van der Waals surface area contributed by atoms with Gasteiger partial charge >= 0.3 is 12.1 Å². The van der Waals surface area contributed by atoms with Crippen molar-refractivity contribution in [2.24, 2.45) is 11.8 Å². The number of methoxy groups -OCH3 is 1. The van der Waals surface area contributed by atoms with Crippen LogP contribution in [0, 0.1) is 11.8 Å². The van der Waals surface area contributed by atoms with Gasteiger partial charge in [-0.25, -0.2) is 28.8 Å². The van der Waals surface area contributed by atoms with Gasteiger partial charge < -0.3 is 15.2 Å². The zero-order valence-corrected chi connectivity index (χ0v) is 24.2. The van der Waals surface area contributed by atoms with E-state index in [2.05, 4.69) is 37.4 Å². The number of fused-ring (bicyclic) bond motifs is 1. The summed E-state index contributed by atoms with van der Waals surface area (Å²) in [5.74, 6) is 0.893. The average Bonchev–Trinajstić information content (AvgIpc) is 3.58. The summed E-state index contributed by atoms with van der Waals surface area (Å²) in [6.45, 7) is 5.14. The molecule has 3 N–H and O–H groups in total. The van der Waals surface area contributed by atoms with Crippen LogP contribution in [-0.4, -0.2) is 55.2 Å². The SMILES string of the molecule is CC(C1CC1)C(O)(Cn1cncn1)c1ccc(Cl)cc1.CCCCNC(=O)n1c(NC(=O)OC)nc2ccccc21. The molecule has 1 fully saturated rings. The number of para-hydroxylation sites is 2. The topological polar surface area (TPSA) is 136 Å². The van der Waals surface area contributed by atoms with Crippen molar-refractivity contribution in [1.29, 1.82) is 0 Å². The smallest absolute Gasteiger partial charge is 0.413 e. The lowest BCUT2D eigenvalue weighted by Gasteiger charge is -2.35. The largest absolute Gasteiger partial charge is 0.453 e. The number of imidazole rings is 1. The molecular formula is C29H36ClN7O4. The number of benzene rings is 2. The van der Waals surface area contributed by atoms with E-state index >= 15 is 0 Å². The maximum Gasteiger partial charge on any atom is 0.413 e. The van der Waals surface area contributed by atoms with E-state index in [-0.39, 0.29) is 17.9 Å². The van der Waals surface area contributed by atoms with E-state index in [1.165, 1.54) is 30.8 Å². The molecule has 5 rings (SSSR count). The number of hydrogen-bond acceptors (Lipinski definition) is 7. The van der Waals surface area contributed by atoms with Crippen LogP contribution >= 0.6 is 11.6 Å². The number of aliphatic hydroxyl groups is 1. The van der Waals surface area contributed by atoms with Gasteiger partial charge in [0.15, 0.2) is 0 Å². The van der Waals surface area contributed by atoms with Crippen LogP contribution in [0.3, 0.4) is 0 Å². The minimum Gasteiger partial charge on any atom is -0.453 e. The molecule has 2 unspecified atom stereocenters. The van der Waals surface area contributed by atoms with E-state index in [4.69, 9.17) is 11.6 Å². The summed E-state index contributed by atoms with van der Waals surface area (Å²) in [6.07, 6.45) is 6.71. The van der Waals surface area contributed by atoms with Crippen molar-refractivity contribution < 1.29 is 19.4 Å². The molecule has 0 aliphatic heterocycles. The van der Waals surface area contributed by atoms with E-state index in [1.54, 1.807) is 23.1 Å². The molecule has 2 atom stereocenters. The van der Waals surface area contributed by atoms with Gasteiger partial charge in [-0.15, -0.1) is 0 Å². The molecule has 1 aliphatic rings. The Kier molecular flexibility index (Phi) is 9.95. The predicted octanol–water partition coefficient (Wildman–Crippen LogP) is 5.44. The molecule has 0 spiro atoms.